The van der Waals surface area contributed by atoms with Crippen molar-refractivity contribution in [1.29, 1.82) is 0 Å². The molecule has 2 aromatic carbocycles. The zero-order valence-electron chi connectivity index (χ0n) is 15.8. The fourth-order valence-electron chi connectivity index (χ4n) is 2.93. The maximum absolute atomic E-state index is 12.9. The van der Waals surface area contributed by atoms with Crippen LogP contribution in [0, 0.1) is 0 Å². The van der Waals surface area contributed by atoms with Crippen LogP contribution < -0.4 is 25.1 Å². The Morgan fingerprint density at radius 1 is 1.07 bits per heavy atom. The van der Waals surface area contributed by atoms with Crippen LogP contribution in [0.5, 0.6) is 11.5 Å². The van der Waals surface area contributed by atoms with E-state index in [9.17, 15) is 9.59 Å². The van der Waals surface area contributed by atoms with E-state index < -0.39 is 5.56 Å². The molecule has 2 heterocycles. The normalized spacial score (nSPS) is 11.7. The summed E-state index contributed by atoms with van der Waals surface area (Å²) in [6.45, 7) is 0. The Morgan fingerprint density at radius 2 is 1.86 bits per heavy atom. The first kappa shape index (κ1) is 18.8. The maximum Gasteiger partial charge on any atom is 0.296 e. The third-order valence-electron chi connectivity index (χ3n) is 4.39. The van der Waals surface area contributed by atoms with Gasteiger partial charge in [-0.05, 0) is 29.8 Å². The summed E-state index contributed by atoms with van der Waals surface area (Å²) in [4.78, 5) is 29.6. The predicted molar refractivity (Wildman–Crippen MR) is 111 cm³/mol. The number of methoxy groups -OCH3 is 2. The highest BCUT2D eigenvalue weighted by molar-refractivity contribution is 7.15. The molecule has 0 unspecified atom stereocenters. The Kier molecular flexibility index (Phi) is 5.09. The Labute approximate surface area is 169 Å². The zero-order chi connectivity index (χ0) is 20.4. The lowest BCUT2D eigenvalue weighted by atomic mass is 10.1. The van der Waals surface area contributed by atoms with Crippen molar-refractivity contribution in [3.05, 3.63) is 90.6 Å². The smallest absolute Gasteiger partial charge is 0.296 e. The molecule has 0 aliphatic rings. The van der Waals surface area contributed by atoms with Crippen LogP contribution >= 0.6 is 11.3 Å². The van der Waals surface area contributed by atoms with E-state index in [1.807, 2.05) is 30.3 Å². The van der Waals surface area contributed by atoms with Gasteiger partial charge >= 0.3 is 0 Å². The van der Waals surface area contributed by atoms with Crippen LogP contribution in [0.15, 0.2) is 58.1 Å². The number of rotatable bonds is 5. The van der Waals surface area contributed by atoms with E-state index in [0.29, 0.717) is 28.0 Å². The van der Waals surface area contributed by atoms with Gasteiger partial charge in [0.25, 0.3) is 11.1 Å². The number of hydrogen-bond donors (Lipinski definition) is 0. The second-order valence-corrected chi connectivity index (χ2v) is 7.25. The third-order valence-corrected chi connectivity index (χ3v) is 5.35. The van der Waals surface area contributed by atoms with Gasteiger partial charge in [-0.15, -0.1) is 0 Å². The summed E-state index contributed by atoms with van der Waals surface area (Å²) in [6.07, 6.45) is 2.00. The maximum atomic E-state index is 12.9. The topological polar surface area (TPSA) is 82.8 Å². The van der Waals surface area contributed by atoms with Gasteiger partial charge in [-0.25, -0.2) is 0 Å². The summed E-state index contributed by atoms with van der Waals surface area (Å²) in [7, 11) is 3.12. The second kappa shape index (κ2) is 7.84. The van der Waals surface area contributed by atoms with Gasteiger partial charge in [0.2, 0.25) is 4.96 Å². The first-order valence-corrected chi connectivity index (χ1v) is 9.61. The van der Waals surface area contributed by atoms with E-state index in [2.05, 4.69) is 10.1 Å². The van der Waals surface area contributed by atoms with Gasteiger partial charge in [0.15, 0.2) is 0 Å². The van der Waals surface area contributed by atoms with Crippen LogP contribution in [0.1, 0.15) is 16.8 Å². The molecule has 146 valence electrons. The standard InChI is InChI=1S/C21H17N3O4S/c1-27-15-8-9-17(28-2)14(11-15)12-18-20(26)24-21(29-18)22-19(25)16(23-24)10-13-6-4-3-5-7-13/h3-9,11-12H,10H2,1-2H3/b18-12+. The molecular formula is C21H17N3O4S. The lowest BCUT2D eigenvalue weighted by molar-refractivity contribution is 0.402. The molecule has 0 aliphatic carbocycles. The summed E-state index contributed by atoms with van der Waals surface area (Å²) in [5, 5.41) is 4.27. The van der Waals surface area contributed by atoms with Gasteiger partial charge in [-0.1, -0.05) is 41.7 Å². The molecule has 4 rings (SSSR count). The van der Waals surface area contributed by atoms with Crippen LogP contribution in [-0.2, 0) is 6.42 Å². The summed E-state index contributed by atoms with van der Waals surface area (Å²) >= 11 is 1.11. The number of hydrogen-bond acceptors (Lipinski definition) is 7. The molecular weight excluding hydrogens is 390 g/mol. The van der Waals surface area contributed by atoms with Gasteiger partial charge in [0.05, 0.1) is 18.8 Å². The molecule has 7 nitrogen and oxygen atoms in total. The van der Waals surface area contributed by atoms with Crippen LogP contribution in [0.2, 0.25) is 0 Å². The van der Waals surface area contributed by atoms with Crippen molar-refractivity contribution in [2.45, 2.75) is 6.42 Å². The molecule has 0 radical (unpaired) electrons. The van der Waals surface area contributed by atoms with Crippen LogP contribution in [0.4, 0.5) is 0 Å². The van der Waals surface area contributed by atoms with Crippen LogP contribution in [0.3, 0.4) is 0 Å². The van der Waals surface area contributed by atoms with E-state index in [0.717, 1.165) is 16.9 Å². The van der Waals surface area contributed by atoms with Crippen molar-refractivity contribution in [3.63, 3.8) is 0 Å². The van der Waals surface area contributed by atoms with Crippen molar-refractivity contribution >= 4 is 22.4 Å². The van der Waals surface area contributed by atoms with Gasteiger partial charge in [-0.3, -0.25) is 9.59 Å². The number of ether oxygens (including phenoxy) is 2. The Hall–Kier alpha value is -3.52. The monoisotopic (exact) mass is 407 g/mol. The lowest BCUT2D eigenvalue weighted by Gasteiger charge is -2.06. The average molecular weight is 407 g/mol. The lowest BCUT2D eigenvalue weighted by Crippen LogP contribution is -2.28. The second-order valence-electron chi connectivity index (χ2n) is 6.24. The highest BCUT2D eigenvalue weighted by Crippen LogP contribution is 2.24. The molecule has 0 atom stereocenters. The molecule has 0 fully saturated rings. The highest BCUT2D eigenvalue weighted by Gasteiger charge is 2.12. The zero-order valence-corrected chi connectivity index (χ0v) is 16.6. The number of nitrogens with zero attached hydrogens (tertiary/aromatic N) is 3. The van der Waals surface area contributed by atoms with Gasteiger partial charge in [-0.2, -0.15) is 14.6 Å². The molecule has 0 spiro atoms. The average Bonchev–Trinajstić information content (AvgIpc) is 3.03. The number of thiazole rings is 1. The van der Waals surface area contributed by atoms with Crippen molar-refractivity contribution in [3.8, 4) is 11.5 Å². The van der Waals surface area contributed by atoms with Gasteiger partial charge < -0.3 is 9.47 Å². The quantitative estimate of drug-likeness (QED) is 0.501. The first-order valence-electron chi connectivity index (χ1n) is 8.79. The summed E-state index contributed by atoms with van der Waals surface area (Å²) in [6, 6.07) is 14.8. The Balaban J connectivity index is 1.84. The molecule has 0 amide bonds. The van der Waals surface area contributed by atoms with Crippen molar-refractivity contribution in [2.75, 3.05) is 14.2 Å². The molecule has 0 aliphatic heterocycles. The fraction of sp³-hybridized carbons (Fsp3) is 0.143. The summed E-state index contributed by atoms with van der Waals surface area (Å²) in [5.41, 5.74) is 1.07. The van der Waals surface area contributed by atoms with Crippen LogP contribution in [-0.4, -0.2) is 28.8 Å². The van der Waals surface area contributed by atoms with Crippen molar-refractivity contribution in [1.82, 2.24) is 14.6 Å². The number of benzene rings is 2. The third kappa shape index (κ3) is 3.74. The molecule has 8 heteroatoms. The van der Waals surface area contributed by atoms with E-state index in [4.69, 9.17) is 9.47 Å². The molecule has 2 aromatic heterocycles. The SMILES string of the molecule is COc1ccc(OC)c(/C=c2/sc3nc(=O)c(Cc4ccccc4)nn3c2=O)c1. The molecule has 4 aromatic rings. The summed E-state index contributed by atoms with van der Waals surface area (Å²) in [5.74, 6) is 1.24. The Bertz CT molecular complexity index is 1350. The highest BCUT2D eigenvalue weighted by atomic mass is 32.1. The molecule has 0 bridgehead atoms. The largest absolute Gasteiger partial charge is 0.497 e. The van der Waals surface area contributed by atoms with Crippen LogP contribution in [0.25, 0.3) is 11.0 Å². The van der Waals surface area contributed by atoms with E-state index in [1.54, 1.807) is 38.5 Å². The van der Waals surface area contributed by atoms with Gasteiger partial charge in [0, 0.05) is 12.0 Å². The molecule has 0 saturated carbocycles. The fourth-order valence-corrected chi connectivity index (χ4v) is 3.83. The molecule has 0 saturated heterocycles. The van der Waals surface area contributed by atoms with Crippen molar-refractivity contribution < 1.29 is 9.47 Å². The van der Waals surface area contributed by atoms with E-state index in [-0.39, 0.29) is 16.2 Å². The first-order chi connectivity index (χ1) is 14.1. The molecule has 0 N–H and O–H groups in total. The van der Waals surface area contributed by atoms with E-state index in [1.165, 1.54) is 4.52 Å². The van der Waals surface area contributed by atoms with E-state index >= 15 is 0 Å². The molecule has 29 heavy (non-hydrogen) atoms. The van der Waals surface area contributed by atoms with Gasteiger partial charge in [0.1, 0.15) is 17.2 Å². The minimum atomic E-state index is -0.430. The predicted octanol–water partition coefficient (Wildman–Crippen LogP) is 1.67. The Morgan fingerprint density at radius 3 is 2.59 bits per heavy atom. The number of aromatic nitrogens is 3. The van der Waals surface area contributed by atoms with Crippen molar-refractivity contribution in [2.24, 2.45) is 0 Å². The minimum absolute atomic E-state index is 0.231. The minimum Gasteiger partial charge on any atom is -0.497 e. The number of fused-ring (bicyclic) bond motifs is 1. The summed E-state index contributed by atoms with van der Waals surface area (Å²) < 4.78 is 12.2.